The van der Waals surface area contributed by atoms with E-state index in [1.165, 1.54) is 25.7 Å². The molecule has 0 bridgehead atoms. The summed E-state index contributed by atoms with van der Waals surface area (Å²) in [6, 6.07) is 0.463. The van der Waals surface area contributed by atoms with Gasteiger partial charge in [0.15, 0.2) is 11.6 Å². The summed E-state index contributed by atoms with van der Waals surface area (Å²) in [5, 5.41) is 14.5. The molecule has 1 saturated carbocycles. The summed E-state index contributed by atoms with van der Waals surface area (Å²) in [6.45, 7) is 2.56. The topological polar surface area (TPSA) is 98.0 Å². The first-order chi connectivity index (χ1) is 11.4. The maximum Gasteiger partial charge on any atom is 0.245 e. The van der Waals surface area contributed by atoms with E-state index in [4.69, 9.17) is 9.37 Å². The molecule has 0 atom stereocenters. The van der Waals surface area contributed by atoms with E-state index in [1.54, 1.807) is 0 Å². The third-order valence-electron chi connectivity index (χ3n) is 4.71. The van der Waals surface area contributed by atoms with Gasteiger partial charge in [-0.15, -0.1) is 0 Å². The van der Waals surface area contributed by atoms with Crippen LogP contribution < -0.4 is 10.6 Å². The number of nitrogens with one attached hydrogen (secondary N) is 2. The van der Waals surface area contributed by atoms with E-state index in [0.29, 0.717) is 23.3 Å². The van der Waals surface area contributed by atoms with Crippen molar-refractivity contribution in [2.45, 2.75) is 44.6 Å². The third-order valence-corrected chi connectivity index (χ3v) is 4.71. The minimum Gasteiger partial charge on any atom is -0.381 e. The van der Waals surface area contributed by atoms with Crippen LogP contribution in [0.3, 0.4) is 0 Å². The van der Waals surface area contributed by atoms with E-state index in [0.717, 1.165) is 44.2 Å². The van der Waals surface area contributed by atoms with Crippen molar-refractivity contribution in [3.05, 3.63) is 0 Å². The Labute approximate surface area is 134 Å². The molecule has 8 nitrogen and oxygen atoms in total. The van der Waals surface area contributed by atoms with Gasteiger partial charge in [0.05, 0.1) is 0 Å². The molecule has 2 aromatic rings. The normalized spacial score (nSPS) is 20.2. The second-order valence-electron chi connectivity index (χ2n) is 6.39. The Bertz CT molecular complexity index is 648. The van der Waals surface area contributed by atoms with Crippen molar-refractivity contribution >= 4 is 22.9 Å². The Morgan fingerprint density at radius 2 is 1.61 bits per heavy atom. The van der Waals surface area contributed by atoms with Gasteiger partial charge in [0.25, 0.3) is 0 Å². The molecule has 0 spiro atoms. The van der Waals surface area contributed by atoms with Crippen molar-refractivity contribution in [3.8, 4) is 0 Å². The van der Waals surface area contributed by atoms with Gasteiger partial charge in [0.2, 0.25) is 11.3 Å². The number of anilines is 2. The van der Waals surface area contributed by atoms with E-state index >= 15 is 0 Å². The van der Waals surface area contributed by atoms with Crippen LogP contribution >= 0.6 is 0 Å². The predicted octanol–water partition coefficient (Wildman–Crippen LogP) is 2.21. The van der Waals surface area contributed by atoms with Crippen LogP contribution in [0.25, 0.3) is 11.3 Å². The second kappa shape index (κ2) is 6.66. The molecular formula is C15H22N6O2. The van der Waals surface area contributed by atoms with Gasteiger partial charge >= 0.3 is 0 Å². The molecule has 124 valence electrons. The molecule has 0 unspecified atom stereocenters. The van der Waals surface area contributed by atoms with E-state index in [2.05, 4.69) is 30.9 Å². The smallest absolute Gasteiger partial charge is 0.245 e. The highest BCUT2D eigenvalue weighted by Crippen LogP contribution is 2.26. The molecule has 23 heavy (non-hydrogen) atoms. The van der Waals surface area contributed by atoms with Gasteiger partial charge in [-0.2, -0.15) is 0 Å². The molecule has 3 heterocycles. The maximum atomic E-state index is 5.41. The molecule has 8 heteroatoms. The molecule has 0 amide bonds. The Balaban J connectivity index is 1.52. The van der Waals surface area contributed by atoms with Crippen molar-refractivity contribution in [1.82, 2.24) is 20.3 Å². The number of nitrogens with zero attached hydrogens (tertiary/aromatic N) is 4. The van der Waals surface area contributed by atoms with Gasteiger partial charge in [-0.05, 0) is 41.9 Å². The van der Waals surface area contributed by atoms with Gasteiger partial charge < -0.3 is 15.4 Å². The van der Waals surface area contributed by atoms with Crippen LogP contribution in [0.5, 0.6) is 0 Å². The summed E-state index contributed by atoms with van der Waals surface area (Å²) in [6.07, 6.45) is 7.05. The molecule has 2 fully saturated rings. The first-order valence-corrected chi connectivity index (χ1v) is 8.47. The number of rotatable bonds is 5. The first-order valence-electron chi connectivity index (χ1n) is 8.47. The third kappa shape index (κ3) is 3.36. The lowest BCUT2D eigenvalue weighted by Crippen LogP contribution is -2.24. The molecule has 2 aliphatic rings. The van der Waals surface area contributed by atoms with Crippen LogP contribution in [0.2, 0.25) is 0 Å². The molecular weight excluding hydrogens is 296 g/mol. The Morgan fingerprint density at radius 3 is 2.35 bits per heavy atom. The summed E-state index contributed by atoms with van der Waals surface area (Å²) < 4.78 is 10.2. The zero-order chi connectivity index (χ0) is 15.5. The van der Waals surface area contributed by atoms with Gasteiger partial charge in [-0.25, -0.2) is 14.6 Å². The lowest BCUT2D eigenvalue weighted by molar-refractivity contribution is 0.0699. The second-order valence-corrected chi connectivity index (χ2v) is 6.39. The zero-order valence-electron chi connectivity index (χ0n) is 13.1. The van der Waals surface area contributed by atoms with Crippen LogP contribution in [-0.4, -0.2) is 46.1 Å². The lowest BCUT2D eigenvalue weighted by Gasteiger charge is -2.23. The van der Waals surface area contributed by atoms with Crippen molar-refractivity contribution < 1.29 is 9.37 Å². The molecule has 4 rings (SSSR count). The lowest BCUT2D eigenvalue weighted by atomic mass is 10.0. The standard InChI is InChI=1S/C15H22N6O2/c1-2-4-11(3-1)17-13-12(16-9-10-5-7-22-8-6-10)18-14-15(19-13)21-23-20-14/h10-11H,1-9H2,(H,16,18,20)(H,17,19,21). The summed E-state index contributed by atoms with van der Waals surface area (Å²) in [4.78, 5) is 9.06. The molecule has 1 aliphatic heterocycles. The monoisotopic (exact) mass is 318 g/mol. The predicted molar refractivity (Wildman–Crippen MR) is 85.3 cm³/mol. The van der Waals surface area contributed by atoms with Crippen LogP contribution in [0.4, 0.5) is 11.6 Å². The van der Waals surface area contributed by atoms with Crippen molar-refractivity contribution in [3.63, 3.8) is 0 Å². The first kappa shape index (κ1) is 14.6. The fourth-order valence-electron chi connectivity index (χ4n) is 3.32. The Kier molecular flexibility index (Phi) is 4.23. The van der Waals surface area contributed by atoms with E-state index in [-0.39, 0.29) is 0 Å². The van der Waals surface area contributed by atoms with Gasteiger partial charge in [-0.1, -0.05) is 12.8 Å². The van der Waals surface area contributed by atoms with Gasteiger partial charge in [0.1, 0.15) is 0 Å². The number of ether oxygens (including phenoxy) is 1. The van der Waals surface area contributed by atoms with E-state index in [9.17, 15) is 0 Å². The highest BCUT2D eigenvalue weighted by atomic mass is 16.6. The quantitative estimate of drug-likeness (QED) is 0.866. The van der Waals surface area contributed by atoms with E-state index < -0.39 is 0 Å². The minimum absolute atomic E-state index is 0.441. The molecule has 2 N–H and O–H groups in total. The Hall–Kier alpha value is -1.96. The summed E-state index contributed by atoms with van der Waals surface area (Å²) in [5.74, 6) is 2.11. The fraction of sp³-hybridized carbons (Fsp3) is 0.733. The SMILES string of the molecule is C1CCC(Nc2nc3nonc3nc2NCC2CCOCC2)C1. The van der Waals surface area contributed by atoms with Crippen molar-refractivity contribution in [2.24, 2.45) is 5.92 Å². The molecule has 0 radical (unpaired) electrons. The van der Waals surface area contributed by atoms with Crippen LogP contribution in [0.1, 0.15) is 38.5 Å². The molecule has 2 aromatic heterocycles. The summed E-state index contributed by atoms with van der Waals surface area (Å²) in [5.41, 5.74) is 0.888. The van der Waals surface area contributed by atoms with Gasteiger partial charge in [0, 0.05) is 25.8 Å². The number of fused-ring (bicyclic) bond motifs is 1. The zero-order valence-corrected chi connectivity index (χ0v) is 13.1. The largest absolute Gasteiger partial charge is 0.381 e. The number of hydrogen-bond acceptors (Lipinski definition) is 8. The van der Waals surface area contributed by atoms with Crippen molar-refractivity contribution in [2.75, 3.05) is 30.4 Å². The summed E-state index contributed by atoms with van der Waals surface area (Å²) >= 11 is 0. The van der Waals surface area contributed by atoms with E-state index in [1.807, 2.05) is 0 Å². The highest BCUT2D eigenvalue weighted by molar-refractivity contribution is 5.73. The Morgan fingerprint density at radius 1 is 0.913 bits per heavy atom. The van der Waals surface area contributed by atoms with Crippen LogP contribution in [-0.2, 0) is 4.74 Å². The average Bonchev–Trinajstić information content (AvgIpc) is 3.25. The van der Waals surface area contributed by atoms with Crippen molar-refractivity contribution in [1.29, 1.82) is 0 Å². The molecule has 0 aromatic carbocycles. The highest BCUT2D eigenvalue weighted by Gasteiger charge is 2.20. The molecule has 1 saturated heterocycles. The van der Waals surface area contributed by atoms with Gasteiger partial charge in [-0.3, -0.25) is 0 Å². The maximum absolute atomic E-state index is 5.41. The van der Waals surface area contributed by atoms with Crippen LogP contribution in [0, 0.1) is 5.92 Å². The number of hydrogen-bond donors (Lipinski definition) is 2. The average molecular weight is 318 g/mol. The summed E-state index contributed by atoms with van der Waals surface area (Å²) in [7, 11) is 0. The minimum atomic E-state index is 0.441. The number of aromatic nitrogens is 4. The fourth-order valence-corrected chi connectivity index (χ4v) is 3.32. The molecule has 1 aliphatic carbocycles. The van der Waals surface area contributed by atoms with Crippen LogP contribution in [0.15, 0.2) is 4.63 Å².